The molecule has 1 aromatic heterocycles. The molecule has 0 atom stereocenters. The zero-order valence-electron chi connectivity index (χ0n) is 35.1. The molecule has 0 aliphatic heterocycles. The van der Waals surface area contributed by atoms with Crippen LogP contribution in [0.5, 0.6) is 0 Å². The van der Waals surface area contributed by atoms with Gasteiger partial charge in [0.15, 0.2) is 0 Å². The van der Waals surface area contributed by atoms with E-state index in [2.05, 4.69) is 231 Å². The molecule has 0 fully saturated rings. The van der Waals surface area contributed by atoms with Crippen LogP contribution in [0.2, 0.25) is 0 Å². The second-order valence-corrected chi connectivity index (χ2v) is 17.6. The van der Waals surface area contributed by atoms with E-state index in [9.17, 15) is 0 Å². The molecule has 13 rings (SSSR count). The van der Waals surface area contributed by atoms with Crippen molar-refractivity contribution in [2.75, 3.05) is 4.90 Å². The van der Waals surface area contributed by atoms with Gasteiger partial charge in [0, 0.05) is 38.5 Å². The van der Waals surface area contributed by atoms with E-state index in [1.54, 1.807) is 0 Å². The number of hydrogen-bond acceptors (Lipinski definition) is 2. The Morgan fingerprint density at radius 2 is 0.921 bits per heavy atom. The van der Waals surface area contributed by atoms with Crippen LogP contribution in [0.4, 0.5) is 17.1 Å². The number of rotatable bonds is 5. The quantitative estimate of drug-likeness (QED) is 0.161. The van der Waals surface area contributed by atoms with Crippen molar-refractivity contribution in [2.24, 2.45) is 0 Å². The Balaban J connectivity index is 1.06. The van der Waals surface area contributed by atoms with Crippen molar-refractivity contribution in [3.8, 4) is 33.4 Å². The molecule has 0 saturated heterocycles. The molecule has 296 valence electrons. The summed E-state index contributed by atoms with van der Waals surface area (Å²) in [5, 5.41) is 12.2. The van der Waals surface area contributed by atoms with Gasteiger partial charge in [0.2, 0.25) is 0 Å². The minimum Gasteiger partial charge on any atom is -0.456 e. The first-order valence-electron chi connectivity index (χ1n) is 21.9. The van der Waals surface area contributed by atoms with Gasteiger partial charge in [0.1, 0.15) is 11.2 Å². The molecular weight excluding hydrogens is 763 g/mol. The van der Waals surface area contributed by atoms with Gasteiger partial charge in [0.25, 0.3) is 0 Å². The average molecular weight is 804 g/mol. The number of para-hydroxylation sites is 2. The van der Waals surface area contributed by atoms with Gasteiger partial charge in [-0.3, -0.25) is 0 Å². The fraction of sp³-hybridized carbons (Fsp3) is 0.0492. The van der Waals surface area contributed by atoms with Gasteiger partial charge >= 0.3 is 0 Å². The zero-order valence-corrected chi connectivity index (χ0v) is 35.1. The molecule has 0 spiro atoms. The van der Waals surface area contributed by atoms with Crippen LogP contribution in [0.25, 0.3) is 98.4 Å². The summed E-state index contributed by atoms with van der Waals surface area (Å²) in [7, 11) is 0. The number of furan rings is 1. The molecule has 11 aromatic carbocycles. The number of benzene rings is 11. The molecule has 2 heteroatoms. The Hall–Kier alpha value is -7.94. The fourth-order valence-electron chi connectivity index (χ4n) is 11.0. The molecule has 63 heavy (non-hydrogen) atoms. The summed E-state index contributed by atoms with van der Waals surface area (Å²) in [5.41, 5.74) is 15.2. The highest BCUT2D eigenvalue weighted by molar-refractivity contribution is 6.36. The molecular formula is C61H41NO. The summed E-state index contributed by atoms with van der Waals surface area (Å²) in [6, 6.07) is 78.0. The summed E-state index contributed by atoms with van der Waals surface area (Å²) >= 11 is 0. The van der Waals surface area contributed by atoms with Crippen molar-refractivity contribution in [1.29, 1.82) is 0 Å². The molecule has 0 N–H and O–H groups in total. The lowest BCUT2D eigenvalue weighted by Gasteiger charge is -2.30. The Bertz CT molecular complexity index is 3800. The van der Waals surface area contributed by atoms with Gasteiger partial charge in [-0.25, -0.2) is 0 Å². The molecule has 0 bridgehead atoms. The average Bonchev–Trinajstić information content (AvgIpc) is 3.83. The first kappa shape index (κ1) is 35.8. The summed E-state index contributed by atoms with van der Waals surface area (Å²) in [6.45, 7) is 4.73. The van der Waals surface area contributed by atoms with Gasteiger partial charge in [-0.1, -0.05) is 178 Å². The number of hydrogen-bond donors (Lipinski definition) is 0. The first-order chi connectivity index (χ1) is 31.0. The van der Waals surface area contributed by atoms with Crippen molar-refractivity contribution in [1.82, 2.24) is 0 Å². The van der Waals surface area contributed by atoms with Crippen molar-refractivity contribution in [2.45, 2.75) is 19.3 Å². The Morgan fingerprint density at radius 1 is 0.349 bits per heavy atom. The van der Waals surface area contributed by atoms with E-state index in [4.69, 9.17) is 4.42 Å². The maximum Gasteiger partial charge on any atom is 0.136 e. The summed E-state index contributed by atoms with van der Waals surface area (Å²) in [4.78, 5) is 2.48. The first-order valence-corrected chi connectivity index (χ1v) is 21.9. The summed E-state index contributed by atoms with van der Waals surface area (Å²) in [5.74, 6) is 0. The van der Waals surface area contributed by atoms with Crippen LogP contribution in [-0.2, 0) is 5.41 Å². The third kappa shape index (κ3) is 5.25. The van der Waals surface area contributed by atoms with Gasteiger partial charge in [-0.05, 0) is 125 Å². The monoisotopic (exact) mass is 803 g/mol. The van der Waals surface area contributed by atoms with E-state index in [1.807, 2.05) is 0 Å². The van der Waals surface area contributed by atoms with Crippen molar-refractivity contribution < 1.29 is 4.42 Å². The number of nitrogens with zero attached hydrogens (tertiary/aromatic N) is 1. The predicted molar refractivity (Wildman–Crippen MR) is 267 cm³/mol. The second-order valence-electron chi connectivity index (χ2n) is 17.6. The number of anilines is 3. The van der Waals surface area contributed by atoms with Crippen LogP contribution in [0, 0.1) is 0 Å². The Kier molecular flexibility index (Phi) is 7.68. The van der Waals surface area contributed by atoms with Crippen molar-refractivity contribution >= 4 is 82.1 Å². The molecule has 0 amide bonds. The van der Waals surface area contributed by atoms with Crippen LogP contribution in [-0.4, -0.2) is 0 Å². The molecule has 1 aliphatic carbocycles. The van der Waals surface area contributed by atoms with E-state index in [0.29, 0.717) is 0 Å². The van der Waals surface area contributed by atoms with Crippen LogP contribution in [0.1, 0.15) is 25.0 Å². The van der Waals surface area contributed by atoms with Crippen LogP contribution >= 0.6 is 0 Å². The smallest absolute Gasteiger partial charge is 0.136 e. The van der Waals surface area contributed by atoms with Crippen LogP contribution in [0.3, 0.4) is 0 Å². The topological polar surface area (TPSA) is 16.4 Å². The van der Waals surface area contributed by atoms with Gasteiger partial charge in [0.05, 0.1) is 5.69 Å². The molecule has 0 unspecified atom stereocenters. The van der Waals surface area contributed by atoms with E-state index in [1.165, 1.54) is 93.0 Å². The molecule has 0 saturated carbocycles. The summed E-state index contributed by atoms with van der Waals surface area (Å²) < 4.78 is 6.45. The third-order valence-corrected chi connectivity index (χ3v) is 13.9. The van der Waals surface area contributed by atoms with Gasteiger partial charge in [-0.2, -0.15) is 0 Å². The van der Waals surface area contributed by atoms with Crippen LogP contribution in [0.15, 0.2) is 217 Å². The Labute approximate surface area is 365 Å². The lowest BCUT2D eigenvalue weighted by molar-refractivity contribution is 0.660. The Morgan fingerprint density at radius 3 is 1.76 bits per heavy atom. The summed E-state index contributed by atoms with van der Waals surface area (Å²) in [6.07, 6.45) is 0. The van der Waals surface area contributed by atoms with E-state index in [-0.39, 0.29) is 5.41 Å². The van der Waals surface area contributed by atoms with Crippen molar-refractivity contribution in [3.05, 3.63) is 223 Å². The van der Waals surface area contributed by atoms with E-state index in [0.717, 1.165) is 33.6 Å². The van der Waals surface area contributed by atoms with E-state index >= 15 is 0 Å². The van der Waals surface area contributed by atoms with Crippen molar-refractivity contribution in [3.63, 3.8) is 0 Å². The van der Waals surface area contributed by atoms with Gasteiger partial charge < -0.3 is 9.32 Å². The normalized spacial score (nSPS) is 13.0. The van der Waals surface area contributed by atoms with Crippen LogP contribution < -0.4 is 4.90 Å². The molecule has 12 aromatic rings. The largest absolute Gasteiger partial charge is 0.456 e. The standard InChI is InChI=1S/C61H41NO/c1-61(2)53-26-10-7-18-44(53)45-34-33-41(37-54(45)61)62(40-31-29-39(30-32-40)43-23-13-16-38-15-3-4-17-42(38)43)55-27-11-8-19-46(55)47-24-14-25-49-51-35-36-57-60(52-22-9-12-28-56(52)63-57)59(51)50-21-6-5-20-48(50)58(47)49/h3-37H,1-2H3. The maximum absolute atomic E-state index is 6.45. The molecule has 2 nitrogen and oxygen atoms in total. The highest BCUT2D eigenvalue weighted by Gasteiger charge is 2.36. The third-order valence-electron chi connectivity index (χ3n) is 13.9. The van der Waals surface area contributed by atoms with E-state index < -0.39 is 0 Å². The molecule has 1 aliphatic rings. The van der Waals surface area contributed by atoms with Gasteiger partial charge in [-0.15, -0.1) is 0 Å². The minimum absolute atomic E-state index is 0.146. The number of fused-ring (bicyclic) bond motifs is 14. The molecule has 0 radical (unpaired) electrons. The molecule has 1 heterocycles. The second kappa shape index (κ2) is 13.5. The minimum atomic E-state index is -0.146. The maximum atomic E-state index is 6.45. The lowest BCUT2D eigenvalue weighted by Crippen LogP contribution is -2.16. The zero-order chi connectivity index (χ0) is 41.8. The SMILES string of the molecule is CC1(C)c2ccccc2-c2ccc(N(c3ccc(-c4cccc5ccccc45)cc3)c3ccccc3-c3cccc4c5ccc6oc7ccccc7c6c5c5ccccc5c34)cc21. The highest BCUT2D eigenvalue weighted by atomic mass is 16.3. The predicted octanol–water partition coefficient (Wildman–Crippen LogP) is 17.3. The fourth-order valence-corrected chi connectivity index (χ4v) is 11.0. The highest BCUT2D eigenvalue weighted by Crippen LogP contribution is 2.52. The lowest BCUT2D eigenvalue weighted by atomic mass is 9.82.